The van der Waals surface area contributed by atoms with Crippen LogP contribution in [0.5, 0.6) is 5.75 Å². The highest BCUT2D eigenvalue weighted by atomic mass is 19.1. The molecule has 0 saturated heterocycles. The molecule has 2 rings (SSSR count). The monoisotopic (exact) mass is 224 g/mol. The second-order valence-corrected chi connectivity index (χ2v) is 5.41. The van der Waals surface area contributed by atoms with Gasteiger partial charge in [-0.2, -0.15) is 0 Å². The standard InChI is InChI=1S/C13H17FO2/c1-13(2,3)12-7-10(15)9-5-4-8(14)6-11(9)16-12/h4-6,10,12,15H,7H2,1-3H3/t10-,12?/m0/s1. The number of aliphatic hydroxyl groups excluding tert-OH is 1. The van der Waals surface area contributed by atoms with Crippen LogP contribution in [0.2, 0.25) is 0 Å². The van der Waals surface area contributed by atoms with Crippen LogP contribution in [0.1, 0.15) is 38.9 Å². The molecule has 0 spiro atoms. The third-order valence-electron chi connectivity index (χ3n) is 3.01. The molecule has 0 radical (unpaired) electrons. The smallest absolute Gasteiger partial charge is 0.128 e. The summed E-state index contributed by atoms with van der Waals surface area (Å²) in [7, 11) is 0. The van der Waals surface area contributed by atoms with Gasteiger partial charge in [-0.15, -0.1) is 0 Å². The summed E-state index contributed by atoms with van der Waals surface area (Å²) in [6, 6.07) is 4.29. The lowest BCUT2D eigenvalue weighted by Crippen LogP contribution is -2.36. The number of benzene rings is 1. The SMILES string of the molecule is CC(C)(C)C1C[C@H](O)c2ccc(F)cc2O1. The van der Waals surface area contributed by atoms with E-state index in [-0.39, 0.29) is 17.3 Å². The van der Waals surface area contributed by atoms with Crippen LogP contribution in [-0.2, 0) is 0 Å². The minimum atomic E-state index is -0.562. The molecular weight excluding hydrogens is 207 g/mol. The van der Waals surface area contributed by atoms with Gasteiger partial charge in [0.2, 0.25) is 0 Å². The lowest BCUT2D eigenvalue weighted by Gasteiger charge is -2.37. The van der Waals surface area contributed by atoms with Gasteiger partial charge in [0.1, 0.15) is 17.7 Å². The van der Waals surface area contributed by atoms with Gasteiger partial charge < -0.3 is 9.84 Å². The summed E-state index contributed by atoms with van der Waals surface area (Å²) in [5.74, 6) is 0.138. The van der Waals surface area contributed by atoms with E-state index >= 15 is 0 Å². The second-order valence-electron chi connectivity index (χ2n) is 5.41. The Hall–Kier alpha value is -1.09. The van der Waals surface area contributed by atoms with E-state index in [1.54, 1.807) is 6.07 Å². The number of hydrogen-bond donors (Lipinski definition) is 1. The van der Waals surface area contributed by atoms with Gasteiger partial charge in [0.15, 0.2) is 0 Å². The van der Waals surface area contributed by atoms with Crippen molar-refractivity contribution in [3.05, 3.63) is 29.6 Å². The Balaban J connectivity index is 2.35. The summed E-state index contributed by atoms with van der Waals surface area (Å²) in [5, 5.41) is 9.98. The van der Waals surface area contributed by atoms with E-state index in [0.29, 0.717) is 17.7 Å². The summed E-state index contributed by atoms with van der Waals surface area (Å²) in [4.78, 5) is 0. The summed E-state index contributed by atoms with van der Waals surface area (Å²) in [6.07, 6.45) is -0.0901. The molecule has 88 valence electrons. The van der Waals surface area contributed by atoms with Crippen molar-refractivity contribution in [3.8, 4) is 5.75 Å². The molecular formula is C13H17FO2. The highest BCUT2D eigenvalue weighted by molar-refractivity contribution is 5.37. The largest absolute Gasteiger partial charge is 0.489 e. The quantitative estimate of drug-likeness (QED) is 0.734. The van der Waals surface area contributed by atoms with Gasteiger partial charge in [-0.3, -0.25) is 0 Å². The Bertz CT molecular complexity index is 395. The van der Waals surface area contributed by atoms with Gasteiger partial charge in [0.25, 0.3) is 0 Å². The first-order valence-corrected chi connectivity index (χ1v) is 5.52. The normalized spacial score (nSPS) is 24.8. The molecule has 0 fully saturated rings. The number of fused-ring (bicyclic) bond motifs is 1. The maximum atomic E-state index is 13.1. The number of halogens is 1. The maximum Gasteiger partial charge on any atom is 0.128 e. The van der Waals surface area contributed by atoms with E-state index in [1.807, 2.05) is 0 Å². The van der Waals surface area contributed by atoms with Crippen molar-refractivity contribution in [3.63, 3.8) is 0 Å². The van der Waals surface area contributed by atoms with Crippen LogP contribution in [0, 0.1) is 11.2 Å². The summed E-state index contributed by atoms with van der Waals surface area (Å²) < 4.78 is 18.8. The Morgan fingerprint density at radius 3 is 2.69 bits per heavy atom. The van der Waals surface area contributed by atoms with Crippen molar-refractivity contribution in [2.45, 2.75) is 39.4 Å². The van der Waals surface area contributed by atoms with Crippen LogP contribution in [-0.4, -0.2) is 11.2 Å². The molecule has 0 aromatic heterocycles. The van der Waals surface area contributed by atoms with Gasteiger partial charge in [-0.05, 0) is 17.5 Å². The van der Waals surface area contributed by atoms with Crippen molar-refractivity contribution >= 4 is 0 Å². The number of aliphatic hydroxyl groups is 1. The van der Waals surface area contributed by atoms with Crippen molar-refractivity contribution in [2.24, 2.45) is 5.41 Å². The first-order chi connectivity index (χ1) is 7.38. The van der Waals surface area contributed by atoms with Gasteiger partial charge in [-0.1, -0.05) is 20.8 Å². The third kappa shape index (κ3) is 2.05. The predicted octanol–water partition coefficient (Wildman–Crippen LogP) is 3.06. The average Bonchev–Trinajstić information content (AvgIpc) is 2.15. The minimum Gasteiger partial charge on any atom is -0.489 e. The molecule has 1 aliphatic heterocycles. The van der Waals surface area contributed by atoms with Crippen LogP contribution in [0.3, 0.4) is 0 Å². The molecule has 1 unspecified atom stereocenters. The molecule has 1 aliphatic rings. The first kappa shape index (κ1) is 11.4. The zero-order valence-corrected chi connectivity index (χ0v) is 9.83. The highest BCUT2D eigenvalue weighted by Crippen LogP contribution is 2.40. The molecule has 1 N–H and O–H groups in total. The fraction of sp³-hybridized carbons (Fsp3) is 0.538. The average molecular weight is 224 g/mol. The first-order valence-electron chi connectivity index (χ1n) is 5.52. The molecule has 0 aliphatic carbocycles. The number of rotatable bonds is 0. The van der Waals surface area contributed by atoms with E-state index in [1.165, 1.54) is 12.1 Å². The van der Waals surface area contributed by atoms with Crippen LogP contribution >= 0.6 is 0 Å². The molecule has 1 aromatic rings. The molecule has 2 nitrogen and oxygen atoms in total. The Morgan fingerprint density at radius 2 is 2.06 bits per heavy atom. The van der Waals surface area contributed by atoms with Crippen LogP contribution in [0.15, 0.2) is 18.2 Å². The second kappa shape index (κ2) is 3.74. The summed E-state index contributed by atoms with van der Waals surface area (Å²) in [5.41, 5.74) is 0.618. The fourth-order valence-electron chi connectivity index (χ4n) is 1.95. The third-order valence-corrected chi connectivity index (χ3v) is 3.01. The maximum absolute atomic E-state index is 13.1. The van der Waals surface area contributed by atoms with Gasteiger partial charge in [0, 0.05) is 18.1 Å². The van der Waals surface area contributed by atoms with E-state index in [4.69, 9.17) is 4.74 Å². The lowest BCUT2D eigenvalue weighted by molar-refractivity contribution is 0.00773. The van der Waals surface area contributed by atoms with Crippen LogP contribution in [0.4, 0.5) is 4.39 Å². The molecule has 2 atom stereocenters. The van der Waals surface area contributed by atoms with Gasteiger partial charge >= 0.3 is 0 Å². The fourth-order valence-corrected chi connectivity index (χ4v) is 1.95. The highest BCUT2D eigenvalue weighted by Gasteiger charge is 2.34. The molecule has 0 amide bonds. The van der Waals surface area contributed by atoms with E-state index in [0.717, 1.165) is 0 Å². The van der Waals surface area contributed by atoms with Crippen molar-refractivity contribution in [1.29, 1.82) is 0 Å². The Labute approximate surface area is 95.1 Å². The van der Waals surface area contributed by atoms with E-state index in [9.17, 15) is 9.50 Å². The van der Waals surface area contributed by atoms with Crippen LogP contribution < -0.4 is 4.74 Å². The van der Waals surface area contributed by atoms with Crippen molar-refractivity contribution in [1.82, 2.24) is 0 Å². The predicted molar refractivity (Wildman–Crippen MR) is 59.8 cm³/mol. The van der Waals surface area contributed by atoms with E-state index in [2.05, 4.69) is 20.8 Å². The molecule has 0 bridgehead atoms. The van der Waals surface area contributed by atoms with Gasteiger partial charge in [-0.25, -0.2) is 4.39 Å². The lowest BCUT2D eigenvalue weighted by atomic mass is 9.83. The Kier molecular flexibility index (Phi) is 2.66. The molecule has 3 heteroatoms. The Morgan fingerprint density at radius 1 is 1.38 bits per heavy atom. The molecule has 1 aromatic carbocycles. The minimum absolute atomic E-state index is 0.0645. The number of hydrogen-bond acceptors (Lipinski definition) is 2. The van der Waals surface area contributed by atoms with Crippen LogP contribution in [0.25, 0.3) is 0 Å². The summed E-state index contributed by atoms with van der Waals surface area (Å²) in [6.45, 7) is 6.15. The zero-order chi connectivity index (χ0) is 11.9. The van der Waals surface area contributed by atoms with Gasteiger partial charge in [0.05, 0.1) is 6.10 Å². The van der Waals surface area contributed by atoms with Crippen molar-refractivity contribution < 1.29 is 14.2 Å². The molecule has 1 heterocycles. The van der Waals surface area contributed by atoms with Crippen molar-refractivity contribution in [2.75, 3.05) is 0 Å². The summed E-state index contributed by atoms with van der Waals surface area (Å²) >= 11 is 0. The zero-order valence-electron chi connectivity index (χ0n) is 9.83. The molecule has 0 saturated carbocycles. The van der Waals surface area contributed by atoms with E-state index < -0.39 is 6.10 Å². The topological polar surface area (TPSA) is 29.5 Å². The number of ether oxygens (including phenoxy) is 1. The molecule has 16 heavy (non-hydrogen) atoms.